The minimum absolute atomic E-state index is 0.0851. The largest absolute Gasteiger partial charge is 0.473 e. The molecule has 0 bridgehead atoms. The molecule has 0 aromatic heterocycles. The lowest BCUT2D eigenvalue weighted by Gasteiger charge is -2.16. The van der Waals surface area contributed by atoms with Gasteiger partial charge in [0.2, 0.25) is 0 Å². The molecule has 1 heterocycles. The van der Waals surface area contributed by atoms with Gasteiger partial charge in [-0.3, -0.25) is 0 Å². The summed E-state index contributed by atoms with van der Waals surface area (Å²) in [6, 6.07) is 19.2. The molecular weight excluding hydrogens is 356 g/mol. The second-order valence-electron chi connectivity index (χ2n) is 6.60. The molecule has 0 aliphatic carbocycles. The zero-order chi connectivity index (χ0) is 19.0. The smallest absolute Gasteiger partial charge is 0.343 e. The molecule has 1 aliphatic heterocycles. The molecule has 1 atom stereocenters. The van der Waals surface area contributed by atoms with Crippen LogP contribution in [0.15, 0.2) is 65.6 Å². The van der Waals surface area contributed by atoms with E-state index in [9.17, 15) is 4.79 Å². The van der Waals surface area contributed by atoms with Crippen molar-refractivity contribution in [3.05, 3.63) is 88.5 Å². The lowest BCUT2D eigenvalue weighted by Crippen LogP contribution is -2.11. The molecule has 0 spiro atoms. The SMILES string of the molecule is Cc1c(C)c2c(c(C)c1OC(=O)c1ccccc1)SC(c1ccccc1)O2. The van der Waals surface area contributed by atoms with Gasteiger partial charge in [-0.15, -0.1) is 0 Å². The van der Waals surface area contributed by atoms with Gasteiger partial charge in [-0.25, -0.2) is 4.79 Å². The van der Waals surface area contributed by atoms with E-state index in [0.29, 0.717) is 11.3 Å². The van der Waals surface area contributed by atoms with Crippen LogP contribution in [0.25, 0.3) is 0 Å². The van der Waals surface area contributed by atoms with Crippen molar-refractivity contribution in [1.82, 2.24) is 0 Å². The first-order valence-electron chi connectivity index (χ1n) is 8.85. The third kappa shape index (κ3) is 3.21. The van der Waals surface area contributed by atoms with Crippen LogP contribution in [0.2, 0.25) is 0 Å². The molecule has 3 nitrogen and oxygen atoms in total. The van der Waals surface area contributed by atoms with Gasteiger partial charge in [-0.1, -0.05) is 60.3 Å². The monoisotopic (exact) mass is 376 g/mol. The Morgan fingerprint density at radius 3 is 2.19 bits per heavy atom. The zero-order valence-corrected chi connectivity index (χ0v) is 16.3. The van der Waals surface area contributed by atoms with Crippen molar-refractivity contribution in [3.63, 3.8) is 0 Å². The molecule has 4 rings (SSSR count). The van der Waals surface area contributed by atoms with E-state index in [1.165, 1.54) is 0 Å². The van der Waals surface area contributed by atoms with Crippen molar-refractivity contribution in [2.24, 2.45) is 0 Å². The molecule has 0 N–H and O–H groups in total. The number of carbonyl (C=O) groups is 1. The van der Waals surface area contributed by atoms with Crippen molar-refractivity contribution in [2.75, 3.05) is 0 Å². The van der Waals surface area contributed by atoms with Gasteiger partial charge in [0.25, 0.3) is 0 Å². The highest BCUT2D eigenvalue weighted by Crippen LogP contribution is 2.54. The third-order valence-corrected chi connectivity index (χ3v) is 6.17. The number of fused-ring (bicyclic) bond motifs is 1. The second kappa shape index (κ2) is 7.12. The standard InChI is InChI=1S/C23H20O3S/c1-14-15(2)20-21(27-23(26-20)18-12-8-5-9-13-18)16(3)19(14)25-22(24)17-10-6-4-7-11-17/h4-13,23H,1-3H3. The molecule has 0 amide bonds. The quantitative estimate of drug-likeness (QED) is 0.414. The first kappa shape index (κ1) is 17.7. The van der Waals surface area contributed by atoms with Crippen molar-refractivity contribution in [2.45, 2.75) is 31.1 Å². The minimum atomic E-state index is -0.343. The summed E-state index contributed by atoms with van der Waals surface area (Å²) in [6.07, 6.45) is 0. The first-order valence-corrected chi connectivity index (χ1v) is 9.73. The summed E-state index contributed by atoms with van der Waals surface area (Å²) in [5.74, 6) is 1.18. The minimum Gasteiger partial charge on any atom is -0.473 e. The van der Waals surface area contributed by atoms with Gasteiger partial charge in [0.1, 0.15) is 11.5 Å². The Morgan fingerprint density at radius 2 is 1.52 bits per heavy atom. The Morgan fingerprint density at radius 1 is 0.889 bits per heavy atom. The number of thioether (sulfide) groups is 1. The third-order valence-electron chi connectivity index (χ3n) is 4.86. The zero-order valence-electron chi connectivity index (χ0n) is 15.5. The van der Waals surface area contributed by atoms with E-state index < -0.39 is 0 Å². The Hall–Kier alpha value is -2.72. The fourth-order valence-electron chi connectivity index (χ4n) is 3.21. The molecule has 3 aromatic rings. The van der Waals surface area contributed by atoms with Crippen LogP contribution in [0.1, 0.15) is 38.0 Å². The number of rotatable bonds is 3. The maximum atomic E-state index is 12.6. The van der Waals surface area contributed by atoms with Crippen LogP contribution < -0.4 is 9.47 Å². The Kier molecular flexibility index (Phi) is 4.66. The van der Waals surface area contributed by atoms with Crippen molar-refractivity contribution >= 4 is 17.7 Å². The fraction of sp³-hybridized carbons (Fsp3) is 0.174. The van der Waals surface area contributed by atoms with Crippen LogP contribution in [0.5, 0.6) is 11.5 Å². The van der Waals surface area contributed by atoms with E-state index in [0.717, 1.165) is 32.9 Å². The molecule has 27 heavy (non-hydrogen) atoms. The van der Waals surface area contributed by atoms with Gasteiger partial charge >= 0.3 is 5.97 Å². The highest BCUT2D eigenvalue weighted by molar-refractivity contribution is 7.99. The average molecular weight is 376 g/mol. The topological polar surface area (TPSA) is 35.5 Å². The summed E-state index contributed by atoms with van der Waals surface area (Å²) in [5, 5.41) is 0. The summed E-state index contributed by atoms with van der Waals surface area (Å²) < 4.78 is 12.1. The van der Waals surface area contributed by atoms with Crippen molar-refractivity contribution in [3.8, 4) is 11.5 Å². The molecule has 0 radical (unpaired) electrons. The van der Waals surface area contributed by atoms with E-state index >= 15 is 0 Å². The predicted octanol–water partition coefficient (Wildman–Crippen LogP) is 6.01. The highest BCUT2D eigenvalue weighted by Gasteiger charge is 2.32. The van der Waals surface area contributed by atoms with Gasteiger partial charge in [0.05, 0.1) is 10.5 Å². The molecule has 0 saturated carbocycles. The molecule has 4 heteroatoms. The first-order chi connectivity index (χ1) is 13.1. The number of esters is 1. The second-order valence-corrected chi connectivity index (χ2v) is 7.67. The molecule has 0 saturated heterocycles. The van der Waals surface area contributed by atoms with Crippen LogP contribution in [-0.2, 0) is 0 Å². The van der Waals surface area contributed by atoms with Gasteiger partial charge in [0.15, 0.2) is 5.44 Å². The maximum absolute atomic E-state index is 12.6. The van der Waals surface area contributed by atoms with Gasteiger partial charge < -0.3 is 9.47 Å². The molecule has 3 aromatic carbocycles. The molecular formula is C23H20O3S. The van der Waals surface area contributed by atoms with Gasteiger partial charge in [-0.05, 0) is 44.0 Å². The van der Waals surface area contributed by atoms with Crippen molar-refractivity contribution < 1.29 is 14.3 Å². The van der Waals surface area contributed by atoms with Gasteiger partial charge in [-0.2, -0.15) is 0 Å². The lowest BCUT2D eigenvalue weighted by molar-refractivity contribution is 0.0731. The molecule has 0 fully saturated rings. The highest BCUT2D eigenvalue weighted by atomic mass is 32.2. The van der Waals surface area contributed by atoms with Crippen LogP contribution in [0, 0.1) is 20.8 Å². The summed E-state index contributed by atoms with van der Waals surface area (Å²) in [7, 11) is 0. The maximum Gasteiger partial charge on any atom is 0.343 e. The normalized spacial score (nSPS) is 15.1. The number of ether oxygens (including phenoxy) is 2. The van der Waals surface area contributed by atoms with Crippen LogP contribution in [0.3, 0.4) is 0 Å². The number of hydrogen-bond acceptors (Lipinski definition) is 4. The summed E-state index contributed by atoms with van der Waals surface area (Å²) in [4.78, 5) is 13.6. The van der Waals surface area contributed by atoms with E-state index in [1.54, 1.807) is 23.9 Å². The number of hydrogen-bond donors (Lipinski definition) is 0. The lowest BCUT2D eigenvalue weighted by atomic mass is 10.0. The van der Waals surface area contributed by atoms with Crippen LogP contribution >= 0.6 is 11.8 Å². The van der Waals surface area contributed by atoms with E-state index in [-0.39, 0.29) is 11.4 Å². The Labute approximate surface area is 163 Å². The Bertz CT molecular complexity index is 997. The average Bonchev–Trinajstić information content (AvgIpc) is 3.16. The van der Waals surface area contributed by atoms with Crippen LogP contribution in [-0.4, -0.2) is 5.97 Å². The van der Waals surface area contributed by atoms with E-state index in [1.807, 2.05) is 57.2 Å². The Balaban J connectivity index is 1.69. The predicted molar refractivity (Wildman–Crippen MR) is 108 cm³/mol. The van der Waals surface area contributed by atoms with Crippen LogP contribution in [0.4, 0.5) is 0 Å². The number of carbonyl (C=O) groups excluding carboxylic acids is 1. The molecule has 136 valence electrons. The van der Waals surface area contributed by atoms with E-state index in [2.05, 4.69) is 12.1 Å². The fourth-order valence-corrected chi connectivity index (χ4v) is 4.44. The molecule has 1 unspecified atom stereocenters. The number of benzene rings is 3. The van der Waals surface area contributed by atoms with E-state index in [4.69, 9.17) is 9.47 Å². The van der Waals surface area contributed by atoms with Gasteiger partial charge in [0, 0.05) is 11.1 Å². The summed E-state index contributed by atoms with van der Waals surface area (Å²) in [6.45, 7) is 5.98. The molecule has 1 aliphatic rings. The summed E-state index contributed by atoms with van der Waals surface area (Å²) >= 11 is 1.66. The summed E-state index contributed by atoms with van der Waals surface area (Å²) in [5.41, 5.74) is 4.47. The van der Waals surface area contributed by atoms with Crippen molar-refractivity contribution in [1.29, 1.82) is 0 Å².